The van der Waals surface area contributed by atoms with Crippen LogP contribution in [0.5, 0.6) is 5.75 Å². The number of oxime groups is 1. The van der Waals surface area contributed by atoms with E-state index in [0.29, 0.717) is 37.3 Å². The minimum Gasteiger partial charge on any atom is -0.550 e. The maximum absolute atomic E-state index is 13.5. The molecule has 0 bridgehead atoms. The SMILES string of the molecule is CC(C)Oc1ccc(C2CC(c3ccc(CN4CC(C(=O)[O-])C4)cc3)=NO2)cc1C(F)(F)F.[Na+]. The fourth-order valence-electron chi connectivity index (χ4n) is 3.96. The molecular formula is C24H24F3N2NaO4. The van der Waals surface area contributed by atoms with E-state index in [2.05, 4.69) is 5.16 Å². The molecule has 0 spiro atoms. The van der Waals surface area contributed by atoms with E-state index in [1.54, 1.807) is 19.9 Å². The zero-order valence-electron chi connectivity index (χ0n) is 19.3. The van der Waals surface area contributed by atoms with Crippen molar-refractivity contribution in [2.45, 2.75) is 45.2 Å². The average Bonchev–Trinajstić information content (AvgIpc) is 3.20. The average molecular weight is 484 g/mol. The molecule has 34 heavy (non-hydrogen) atoms. The number of carboxylic acid groups (broad SMARTS) is 1. The van der Waals surface area contributed by atoms with Gasteiger partial charge in [-0.05, 0) is 42.7 Å². The van der Waals surface area contributed by atoms with Crippen molar-refractivity contribution < 1.29 is 62.2 Å². The zero-order valence-corrected chi connectivity index (χ0v) is 21.3. The predicted octanol–water partition coefficient (Wildman–Crippen LogP) is 0.544. The number of likely N-dealkylation sites (tertiary alicyclic amines) is 1. The third kappa shape index (κ3) is 6.13. The second kappa shape index (κ2) is 10.7. The summed E-state index contributed by atoms with van der Waals surface area (Å²) >= 11 is 0. The van der Waals surface area contributed by atoms with Gasteiger partial charge in [-0.25, -0.2) is 0 Å². The Hall–Kier alpha value is -2.07. The summed E-state index contributed by atoms with van der Waals surface area (Å²) in [7, 11) is 0. The minimum absolute atomic E-state index is 0. The molecular weight excluding hydrogens is 460 g/mol. The third-order valence-corrected chi connectivity index (χ3v) is 5.70. The molecule has 176 valence electrons. The number of hydrogen-bond donors (Lipinski definition) is 0. The maximum atomic E-state index is 13.5. The Kier molecular flexibility index (Phi) is 8.34. The molecule has 10 heteroatoms. The van der Waals surface area contributed by atoms with Crippen LogP contribution in [-0.4, -0.2) is 35.8 Å². The fourth-order valence-corrected chi connectivity index (χ4v) is 3.96. The van der Waals surface area contributed by atoms with Gasteiger partial charge in [0, 0.05) is 37.9 Å². The van der Waals surface area contributed by atoms with Crippen molar-refractivity contribution in [3.8, 4) is 5.75 Å². The number of carbonyl (C=O) groups excluding carboxylic acids is 1. The maximum Gasteiger partial charge on any atom is 1.00 e. The molecule has 0 radical (unpaired) electrons. The predicted molar refractivity (Wildman–Crippen MR) is 112 cm³/mol. The van der Waals surface area contributed by atoms with Crippen LogP contribution in [0, 0.1) is 5.92 Å². The molecule has 0 saturated carbocycles. The molecule has 1 saturated heterocycles. The molecule has 2 aromatic rings. The Morgan fingerprint density at radius 3 is 2.47 bits per heavy atom. The van der Waals surface area contributed by atoms with Gasteiger partial charge >= 0.3 is 35.7 Å². The van der Waals surface area contributed by atoms with Gasteiger partial charge in [0.2, 0.25) is 0 Å². The van der Waals surface area contributed by atoms with Crippen molar-refractivity contribution in [1.29, 1.82) is 0 Å². The van der Waals surface area contributed by atoms with Crippen LogP contribution in [0.25, 0.3) is 0 Å². The Morgan fingerprint density at radius 1 is 1.21 bits per heavy atom. The molecule has 0 aromatic heterocycles. The van der Waals surface area contributed by atoms with Gasteiger partial charge in [0.25, 0.3) is 0 Å². The molecule has 2 aliphatic rings. The summed E-state index contributed by atoms with van der Waals surface area (Å²) < 4.78 is 45.9. The molecule has 2 heterocycles. The van der Waals surface area contributed by atoms with Gasteiger partial charge in [0.15, 0.2) is 6.10 Å². The molecule has 2 aromatic carbocycles. The Labute approximate surface area is 218 Å². The van der Waals surface area contributed by atoms with Crippen molar-refractivity contribution in [1.82, 2.24) is 4.90 Å². The summed E-state index contributed by atoms with van der Waals surface area (Å²) in [6.45, 7) is 4.95. The van der Waals surface area contributed by atoms with Crippen LogP contribution in [0.2, 0.25) is 0 Å². The molecule has 4 rings (SSSR count). The number of halogens is 3. The van der Waals surface area contributed by atoms with Crippen LogP contribution < -0.4 is 39.4 Å². The molecule has 1 atom stereocenters. The van der Waals surface area contributed by atoms with E-state index in [0.717, 1.165) is 17.2 Å². The Balaban J connectivity index is 0.00000324. The zero-order chi connectivity index (χ0) is 23.8. The van der Waals surface area contributed by atoms with Gasteiger partial charge in [-0.2, -0.15) is 13.2 Å². The second-order valence-electron chi connectivity index (χ2n) is 8.66. The van der Waals surface area contributed by atoms with E-state index in [-0.39, 0.29) is 41.4 Å². The summed E-state index contributed by atoms with van der Waals surface area (Å²) in [6, 6.07) is 11.6. The van der Waals surface area contributed by atoms with Gasteiger partial charge in [-0.1, -0.05) is 35.5 Å². The van der Waals surface area contributed by atoms with E-state index in [9.17, 15) is 23.1 Å². The van der Waals surface area contributed by atoms with E-state index < -0.39 is 29.7 Å². The van der Waals surface area contributed by atoms with Crippen molar-refractivity contribution in [2.75, 3.05) is 13.1 Å². The summed E-state index contributed by atoms with van der Waals surface area (Å²) in [5.74, 6) is -1.63. The van der Waals surface area contributed by atoms with E-state index >= 15 is 0 Å². The first kappa shape index (κ1) is 26.5. The number of aliphatic carboxylic acids is 1. The third-order valence-electron chi connectivity index (χ3n) is 5.70. The minimum atomic E-state index is -4.55. The molecule has 6 nitrogen and oxygen atoms in total. The summed E-state index contributed by atoms with van der Waals surface area (Å²) in [6.07, 6.45) is -5.19. The van der Waals surface area contributed by atoms with Crippen LogP contribution in [-0.2, 0) is 22.4 Å². The monoisotopic (exact) mass is 484 g/mol. The van der Waals surface area contributed by atoms with E-state index in [1.165, 1.54) is 6.07 Å². The van der Waals surface area contributed by atoms with Crippen molar-refractivity contribution in [3.63, 3.8) is 0 Å². The topological polar surface area (TPSA) is 74.2 Å². The van der Waals surface area contributed by atoms with Crippen LogP contribution in [0.3, 0.4) is 0 Å². The van der Waals surface area contributed by atoms with E-state index in [4.69, 9.17) is 9.57 Å². The summed E-state index contributed by atoms with van der Waals surface area (Å²) in [5.41, 5.74) is 2.06. The smallest absolute Gasteiger partial charge is 0.550 e. The largest absolute Gasteiger partial charge is 1.00 e. The number of alkyl halides is 3. The Bertz CT molecular complexity index is 1050. The molecule has 0 aliphatic carbocycles. The first-order chi connectivity index (χ1) is 15.6. The number of rotatable bonds is 7. The van der Waals surface area contributed by atoms with Gasteiger partial charge in [0.1, 0.15) is 5.75 Å². The number of hydrogen-bond acceptors (Lipinski definition) is 6. The number of carboxylic acids is 1. The number of nitrogens with zero attached hydrogens (tertiary/aromatic N) is 2. The quantitative estimate of drug-likeness (QED) is 0.537. The number of carbonyl (C=O) groups is 1. The van der Waals surface area contributed by atoms with E-state index in [1.807, 2.05) is 29.2 Å². The van der Waals surface area contributed by atoms with Crippen LogP contribution in [0.4, 0.5) is 13.2 Å². The van der Waals surface area contributed by atoms with Crippen molar-refractivity contribution in [2.24, 2.45) is 11.1 Å². The molecule has 1 fully saturated rings. The molecule has 1 unspecified atom stereocenters. The van der Waals surface area contributed by atoms with Crippen LogP contribution in [0.15, 0.2) is 47.6 Å². The van der Waals surface area contributed by atoms with Crippen LogP contribution in [0.1, 0.15) is 48.6 Å². The summed E-state index contributed by atoms with van der Waals surface area (Å²) in [5, 5.41) is 14.9. The first-order valence-corrected chi connectivity index (χ1v) is 10.7. The fraction of sp³-hybridized carbons (Fsp3) is 0.417. The second-order valence-corrected chi connectivity index (χ2v) is 8.66. The normalized spacial score (nSPS) is 18.6. The standard InChI is InChI=1S/C24H25F3N2O4.Na/c1-14(2)32-21-8-7-17(9-19(21)24(25,26)27)22-10-20(28-33-22)16-5-3-15(4-6-16)11-29-12-18(13-29)23(30)31;/h3-9,14,18,22H,10-13H2,1-2H3,(H,30,31);/q;+1/p-1. The molecule has 0 amide bonds. The van der Waals surface area contributed by atoms with Gasteiger partial charge < -0.3 is 19.5 Å². The van der Waals surface area contributed by atoms with Crippen molar-refractivity contribution in [3.05, 3.63) is 64.7 Å². The van der Waals surface area contributed by atoms with Crippen LogP contribution >= 0.6 is 0 Å². The van der Waals surface area contributed by atoms with Gasteiger partial charge in [-0.15, -0.1) is 0 Å². The summed E-state index contributed by atoms with van der Waals surface area (Å²) in [4.78, 5) is 18.3. The van der Waals surface area contributed by atoms with Crippen molar-refractivity contribution >= 4 is 11.7 Å². The van der Waals surface area contributed by atoms with Gasteiger partial charge in [0.05, 0.1) is 17.4 Å². The number of ether oxygens (including phenoxy) is 1. The van der Waals surface area contributed by atoms with Gasteiger partial charge in [-0.3, -0.25) is 4.90 Å². The number of benzene rings is 2. The molecule has 0 N–H and O–H groups in total. The molecule has 2 aliphatic heterocycles. The first-order valence-electron chi connectivity index (χ1n) is 10.7. The Morgan fingerprint density at radius 2 is 1.88 bits per heavy atom.